The molecule has 0 aliphatic rings. The first kappa shape index (κ1) is 16.9. The van der Waals surface area contributed by atoms with Gasteiger partial charge in [0.15, 0.2) is 0 Å². The van der Waals surface area contributed by atoms with Crippen molar-refractivity contribution in [1.82, 2.24) is 4.90 Å². The lowest BCUT2D eigenvalue weighted by atomic mass is 10.2. The van der Waals surface area contributed by atoms with E-state index < -0.39 is 25.7 Å². The molecule has 20 heavy (non-hydrogen) atoms. The number of carbonyl (C=O) groups is 1. The van der Waals surface area contributed by atoms with Crippen molar-refractivity contribution >= 4 is 25.6 Å². The lowest BCUT2D eigenvalue weighted by Gasteiger charge is -2.20. The highest BCUT2D eigenvalue weighted by atomic mass is 35.7. The third-order valence-corrected chi connectivity index (χ3v) is 3.97. The molecule has 1 amide bonds. The van der Waals surface area contributed by atoms with Crippen molar-refractivity contribution in [2.75, 3.05) is 26.8 Å². The quantitative estimate of drug-likeness (QED) is 0.750. The summed E-state index contributed by atoms with van der Waals surface area (Å²) >= 11 is 0. The maximum Gasteiger partial charge on any atom is 0.261 e. The topological polar surface area (TPSA) is 63.7 Å². The number of likely N-dealkylation sites (N-methyl/N-ethyl adjacent to an activating group) is 1. The Morgan fingerprint density at radius 2 is 2.05 bits per heavy atom. The van der Waals surface area contributed by atoms with Crippen LogP contribution in [0.5, 0.6) is 0 Å². The second kappa shape index (κ2) is 7.01. The molecule has 0 unspecified atom stereocenters. The number of benzene rings is 1. The van der Waals surface area contributed by atoms with Crippen molar-refractivity contribution in [3.8, 4) is 0 Å². The number of halogens is 2. The third kappa shape index (κ3) is 4.43. The van der Waals surface area contributed by atoms with Crippen LogP contribution in [0.15, 0.2) is 23.1 Å². The summed E-state index contributed by atoms with van der Waals surface area (Å²) in [6.07, 6.45) is 0. The van der Waals surface area contributed by atoms with Crippen LogP contribution in [0, 0.1) is 5.82 Å². The van der Waals surface area contributed by atoms with Gasteiger partial charge in [-0.1, -0.05) is 0 Å². The molecular formula is C12H15ClFNO4S. The number of rotatable bonds is 6. The van der Waals surface area contributed by atoms with Crippen molar-refractivity contribution in [2.45, 2.75) is 11.8 Å². The molecule has 0 bridgehead atoms. The largest absolute Gasteiger partial charge is 0.383 e. The molecule has 0 aliphatic carbocycles. The first-order valence-corrected chi connectivity index (χ1v) is 8.14. The van der Waals surface area contributed by atoms with Crippen molar-refractivity contribution in [2.24, 2.45) is 0 Å². The highest BCUT2D eigenvalue weighted by molar-refractivity contribution is 8.13. The minimum absolute atomic E-state index is 0.0674. The van der Waals surface area contributed by atoms with E-state index in [0.29, 0.717) is 19.7 Å². The maximum atomic E-state index is 13.4. The second-order valence-corrected chi connectivity index (χ2v) is 6.56. The highest BCUT2D eigenvalue weighted by Gasteiger charge is 2.19. The Kier molecular flexibility index (Phi) is 5.91. The summed E-state index contributed by atoms with van der Waals surface area (Å²) in [4.78, 5) is 13.2. The van der Waals surface area contributed by atoms with E-state index in [-0.39, 0.29) is 5.56 Å². The molecule has 0 aliphatic heterocycles. The van der Waals surface area contributed by atoms with E-state index in [0.717, 1.165) is 18.2 Å². The van der Waals surface area contributed by atoms with Gasteiger partial charge in [0.05, 0.1) is 11.5 Å². The van der Waals surface area contributed by atoms with E-state index in [9.17, 15) is 17.6 Å². The van der Waals surface area contributed by atoms with Gasteiger partial charge in [-0.3, -0.25) is 4.79 Å². The number of carbonyl (C=O) groups excluding carboxylic acids is 1. The Bertz CT molecular complexity index is 591. The fourth-order valence-corrected chi connectivity index (χ4v) is 2.40. The number of hydrogen-bond donors (Lipinski definition) is 0. The summed E-state index contributed by atoms with van der Waals surface area (Å²) < 4.78 is 40.7. The van der Waals surface area contributed by atoms with Gasteiger partial charge in [0.1, 0.15) is 5.82 Å². The molecule has 0 saturated heterocycles. The molecule has 0 aromatic heterocycles. The summed E-state index contributed by atoms with van der Waals surface area (Å²) in [5, 5.41) is 0. The molecule has 0 fully saturated rings. The van der Waals surface area contributed by atoms with Gasteiger partial charge in [-0.2, -0.15) is 0 Å². The third-order valence-electron chi connectivity index (χ3n) is 2.63. The van der Waals surface area contributed by atoms with E-state index in [2.05, 4.69) is 0 Å². The molecule has 0 atom stereocenters. The van der Waals surface area contributed by atoms with E-state index >= 15 is 0 Å². The standard InChI is InChI=1S/C12H15ClFNO4S/c1-3-15(4-5-19-2)12(16)9-6-10(14)8-11(7-9)20(13,17)18/h6-8H,3-5H2,1-2H3. The fourth-order valence-electron chi connectivity index (χ4n) is 1.61. The Labute approximate surface area is 121 Å². The van der Waals surface area contributed by atoms with Gasteiger partial charge in [0, 0.05) is 36.4 Å². The Morgan fingerprint density at radius 3 is 2.55 bits per heavy atom. The molecule has 112 valence electrons. The summed E-state index contributed by atoms with van der Waals surface area (Å²) in [5.41, 5.74) is -0.0674. The molecule has 0 radical (unpaired) electrons. The summed E-state index contributed by atoms with van der Waals surface area (Å²) in [6.45, 7) is 2.80. The van der Waals surface area contributed by atoms with E-state index in [1.165, 1.54) is 12.0 Å². The van der Waals surface area contributed by atoms with Gasteiger partial charge >= 0.3 is 0 Å². The average molecular weight is 324 g/mol. The molecule has 0 heterocycles. The highest BCUT2D eigenvalue weighted by Crippen LogP contribution is 2.19. The number of methoxy groups -OCH3 is 1. The van der Waals surface area contributed by atoms with Gasteiger partial charge in [-0.15, -0.1) is 0 Å². The summed E-state index contributed by atoms with van der Waals surface area (Å²) in [5.74, 6) is -1.32. The first-order valence-electron chi connectivity index (χ1n) is 5.83. The number of ether oxygens (including phenoxy) is 1. The molecule has 0 spiro atoms. The predicted octanol–water partition coefficient (Wildman–Crippen LogP) is 1.86. The van der Waals surface area contributed by atoms with Gasteiger partial charge in [0.2, 0.25) is 0 Å². The average Bonchev–Trinajstić information content (AvgIpc) is 2.37. The van der Waals surface area contributed by atoms with Crippen LogP contribution in [0.2, 0.25) is 0 Å². The lowest BCUT2D eigenvalue weighted by molar-refractivity contribution is 0.0705. The first-order chi connectivity index (χ1) is 9.29. The zero-order valence-corrected chi connectivity index (χ0v) is 12.7. The predicted molar refractivity (Wildman–Crippen MR) is 72.9 cm³/mol. The Hall–Kier alpha value is -1.18. The zero-order chi connectivity index (χ0) is 15.3. The van der Waals surface area contributed by atoms with Crippen molar-refractivity contribution in [3.05, 3.63) is 29.6 Å². The van der Waals surface area contributed by atoms with Crippen molar-refractivity contribution < 1.29 is 22.3 Å². The van der Waals surface area contributed by atoms with Crippen LogP contribution in [0.25, 0.3) is 0 Å². The van der Waals surface area contributed by atoms with Crippen LogP contribution in [-0.2, 0) is 13.8 Å². The van der Waals surface area contributed by atoms with Crippen molar-refractivity contribution in [1.29, 1.82) is 0 Å². The van der Waals surface area contributed by atoms with Crippen LogP contribution >= 0.6 is 10.7 Å². The van der Waals surface area contributed by atoms with Gasteiger partial charge in [-0.25, -0.2) is 12.8 Å². The maximum absolute atomic E-state index is 13.4. The summed E-state index contributed by atoms with van der Waals surface area (Å²) in [7, 11) is 2.57. The van der Waals surface area contributed by atoms with Crippen LogP contribution in [-0.4, -0.2) is 46.0 Å². The van der Waals surface area contributed by atoms with Gasteiger partial charge < -0.3 is 9.64 Å². The number of amides is 1. The smallest absolute Gasteiger partial charge is 0.261 e. The molecule has 0 saturated carbocycles. The summed E-state index contributed by atoms with van der Waals surface area (Å²) in [6, 6.07) is 2.80. The lowest BCUT2D eigenvalue weighted by Crippen LogP contribution is -2.33. The Balaban J connectivity index is 3.12. The normalized spacial score (nSPS) is 11.4. The molecule has 8 heteroatoms. The molecule has 1 rings (SSSR count). The minimum Gasteiger partial charge on any atom is -0.383 e. The second-order valence-electron chi connectivity index (χ2n) is 3.99. The van der Waals surface area contributed by atoms with E-state index in [4.69, 9.17) is 15.4 Å². The molecule has 1 aromatic carbocycles. The van der Waals surface area contributed by atoms with E-state index in [1.54, 1.807) is 6.92 Å². The van der Waals surface area contributed by atoms with Gasteiger partial charge in [-0.05, 0) is 25.1 Å². The van der Waals surface area contributed by atoms with Crippen LogP contribution < -0.4 is 0 Å². The number of nitrogens with zero attached hydrogens (tertiary/aromatic N) is 1. The SMILES string of the molecule is CCN(CCOC)C(=O)c1cc(F)cc(S(=O)(=O)Cl)c1. The van der Waals surface area contributed by atoms with Crippen molar-refractivity contribution in [3.63, 3.8) is 0 Å². The fraction of sp³-hybridized carbons (Fsp3) is 0.417. The van der Waals surface area contributed by atoms with Gasteiger partial charge in [0.25, 0.3) is 15.0 Å². The monoisotopic (exact) mass is 323 g/mol. The number of hydrogen-bond acceptors (Lipinski definition) is 4. The minimum atomic E-state index is -4.09. The zero-order valence-electron chi connectivity index (χ0n) is 11.1. The van der Waals surface area contributed by atoms with Crippen LogP contribution in [0.1, 0.15) is 17.3 Å². The molecule has 5 nitrogen and oxygen atoms in total. The van der Waals surface area contributed by atoms with E-state index in [1.807, 2.05) is 0 Å². The molecule has 1 aromatic rings. The van der Waals surface area contributed by atoms with Crippen LogP contribution in [0.4, 0.5) is 4.39 Å². The molecular weight excluding hydrogens is 309 g/mol. The van der Waals surface area contributed by atoms with Crippen LogP contribution in [0.3, 0.4) is 0 Å². The molecule has 0 N–H and O–H groups in total. The Morgan fingerprint density at radius 1 is 1.40 bits per heavy atom.